The van der Waals surface area contributed by atoms with Crippen LogP contribution in [-0.4, -0.2) is 24.5 Å². The van der Waals surface area contributed by atoms with E-state index < -0.39 is 36.2 Å². The molecule has 0 aromatic heterocycles. The Morgan fingerprint density at radius 3 is 2.32 bits per heavy atom. The fourth-order valence-corrected chi connectivity index (χ4v) is 2.70. The smallest absolute Gasteiger partial charge is 0.326 e. The van der Waals surface area contributed by atoms with Crippen LogP contribution in [0.4, 0.5) is 14.9 Å². The van der Waals surface area contributed by atoms with Crippen molar-refractivity contribution in [1.82, 2.24) is 5.32 Å². The van der Waals surface area contributed by atoms with Crippen molar-refractivity contribution >= 4 is 23.6 Å². The molecule has 0 fully saturated rings. The molecule has 3 amide bonds. The van der Waals surface area contributed by atoms with Crippen LogP contribution in [0.3, 0.4) is 0 Å². The monoisotopic (exact) mass is 386 g/mol. The first kappa shape index (κ1) is 21.1. The summed E-state index contributed by atoms with van der Waals surface area (Å²) in [5, 5.41) is 4.22. The molecule has 0 spiro atoms. The predicted molar refractivity (Wildman–Crippen MR) is 103 cm³/mol. The summed E-state index contributed by atoms with van der Waals surface area (Å²) >= 11 is 0. The van der Waals surface area contributed by atoms with E-state index in [2.05, 4.69) is 5.32 Å². The summed E-state index contributed by atoms with van der Waals surface area (Å²) in [6.07, 6.45) is 0.756. The number of halogens is 1. The van der Waals surface area contributed by atoms with Gasteiger partial charge in [0.05, 0.1) is 11.6 Å². The van der Waals surface area contributed by atoms with Gasteiger partial charge in [0.15, 0.2) is 6.61 Å². The lowest BCUT2D eigenvalue weighted by Crippen LogP contribution is -2.38. The second-order valence-corrected chi connectivity index (χ2v) is 6.36. The average molecular weight is 386 g/mol. The number of carbonyl (C=O) groups excluding carboxylic acids is 3. The molecule has 0 radical (unpaired) electrons. The highest BCUT2D eigenvalue weighted by Crippen LogP contribution is 2.28. The molecule has 2 N–H and O–H groups in total. The number of hydrogen-bond donors (Lipinski definition) is 2. The molecule has 6 nitrogen and oxygen atoms in total. The van der Waals surface area contributed by atoms with Gasteiger partial charge in [0.2, 0.25) is 0 Å². The van der Waals surface area contributed by atoms with Crippen molar-refractivity contribution in [3.05, 3.63) is 66.0 Å². The molecule has 0 unspecified atom stereocenters. The third-order valence-electron chi connectivity index (χ3n) is 4.35. The molecular weight excluding hydrogens is 363 g/mol. The van der Waals surface area contributed by atoms with Crippen LogP contribution >= 0.6 is 0 Å². The van der Waals surface area contributed by atoms with Crippen LogP contribution in [0.5, 0.6) is 0 Å². The van der Waals surface area contributed by atoms with Crippen LogP contribution in [0, 0.1) is 11.7 Å². The predicted octanol–water partition coefficient (Wildman–Crippen LogP) is 3.85. The number of amides is 3. The lowest BCUT2D eigenvalue weighted by atomic mass is 9.86. The first-order valence-corrected chi connectivity index (χ1v) is 8.99. The van der Waals surface area contributed by atoms with Crippen molar-refractivity contribution in [1.29, 1.82) is 0 Å². The number of imide groups is 1. The average Bonchev–Trinajstić information content (AvgIpc) is 2.69. The maximum atomic E-state index is 13.5. The molecule has 7 heteroatoms. The quantitative estimate of drug-likeness (QED) is 0.708. The zero-order chi connectivity index (χ0) is 20.5. The second kappa shape index (κ2) is 10.2. The van der Waals surface area contributed by atoms with Gasteiger partial charge in [-0.2, -0.15) is 0 Å². The van der Waals surface area contributed by atoms with Gasteiger partial charge >= 0.3 is 12.0 Å². The van der Waals surface area contributed by atoms with E-state index in [9.17, 15) is 18.8 Å². The third-order valence-corrected chi connectivity index (χ3v) is 4.35. The number of urea groups is 1. The SMILES string of the molecule is CC[C@H](C)[C@H](C(=O)OCC(=O)NC(=O)Nc1ccccc1F)c1ccccc1. The normalized spacial score (nSPS) is 12.5. The number of nitrogens with one attached hydrogen (secondary N) is 2. The highest BCUT2D eigenvalue weighted by Gasteiger charge is 2.28. The number of rotatable bonds is 7. The number of ether oxygens (including phenoxy) is 1. The minimum Gasteiger partial charge on any atom is -0.455 e. The molecule has 2 rings (SSSR count). The summed E-state index contributed by atoms with van der Waals surface area (Å²) in [4.78, 5) is 36.2. The summed E-state index contributed by atoms with van der Waals surface area (Å²) in [7, 11) is 0. The van der Waals surface area contributed by atoms with Gasteiger partial charge in [-0.1, -0.05) is 62.7 Å². The lowest BCUT2D eigenvalue weighted by Gasteiger charge is -2.21. The van der Waals surface area contributed by atoms with Crippen molar-refractivity contribution in [2.45, 2.75) is 26.2 Å². The Labute approximate surface area is 163 Å². The minimum absolute atomic E-state index is 0.0160. The van der Waals surface area contributed by atoms with Crippen LogP contribution in [0.15, 0.2) is 54.6 Å². The van der Waals surface area contributed by atoms with Crippen LogP contribution in [-0.2, 0) is 14.3 Å². The largest absolute Gasteiger partial charge is 0.455 e. The maximum absolute atomic E-state index is 13.5. The van der Waals surface area contributed by atoms with E-state index in [1.54, 1.807) is 6.07 Å². The molecule has 0 saturated carbocycles. The zero-order valence-electron chi connectivity index (χ0n) is 15.8. The Morgan fingerprint density at radius 2 is 1.68 bits per heavy atom. The van der Waals surface area contributed by atoms with E-state index in [4.69, 9.17) is 4.74 Å². The number of esters is 1. The highest BCUT2D eigenvalue weighted by atomic mass is 19.1. The van der Waals surface area contributed by atoms with Gasteiger partial charge in [-0.25, -0.2) is 9.18 Å². The molecule has 2 aromatic carbocycles. The Hall–Kier alpha value is -3.22. The van der Waals surface area contributed by atoms with Crippen LogP contribution in [0.1, 0.15) is 31.7 Å². The summed E-state index contributed by atoms with van der Waals surface area (Å²) in [5.74, 6) is -2.47. The van der Waals surface area contributed by atoms with Gasteiger partial charge < -0.3 is 10.1 Å². The second-order valence-electron chi connectivity index (χ2n) is 6.36. The van der Waals surface area contributed by atoms with E-state index in [1.165, 1.54) is 18.2 Å². The first-order valence-electron chi connectivity index (χ1n) is 8.99. The maximum Gasteiger partial charge on any atom is 0.326 e. The van der Waals surface area contributed by atoms with E-state index >= 15 is 0 Å². The molecule has 2 aromatic rings. The molecular formula is C21H23FN2O4. The topological polar surface area (TPSA) is 84.5 Å². The number of benzene rings is 2. The van der Waals surface area contributed by atoms with Crippen LogP contribution in [0.25, 0.3) is 0 Å². The van der Waals surface area contributed by atoms with Crippen molar-refractivity contribution in [3.63, 3.8) is 0 Å². The molecule has 0 saturated heterocycles. The number of hydrogen-bond acceptors (Lipinski definition) is 4. The summed E-state index contributed by atoms with van der Waals surface area (Å²) < 4.78 is 18.6. The van der Waals surface area contributed by atoms with Crippen LogP contribution in [0.2, 0.25) is 0 Å². The Kier molecular flexibility index (Phi) is 7.68. The molecule has 2 atom stereocenters. The molecule has 0 aliphatic rings. The van der Waals surface area contributed by atoms with E-state index in [0.29, 0.717) is 0 Å². The number of anilines is 1. The van der Waals surface area contributed by atoms with Gasteiger partial charge in [0, 0.05) is 0 Å². The van der Waals surface area contributed by atoms with E-state index in [-0.39, 0.29) is 11.6 Å². The Balaban J connectivity index is 1.90. The number of carbonyl (C=O) groups is 3. The van der Waals surface area contributed by atoms with Gasteiger partial charge in [0.25, 0.3) is 5.91 Å². The van der Waals surface area contributed by atoms with Gasteiger partial charge in [-0.3, -0.25) is 14.9 Å². The standard InChI is InChI=1S/C21H23FN2O4/c1-3-14(2)19(15-9-5-4-6-10-15)20(26)28-13-18(25)24-21(27)23-17-12-8-7-11-16(17)22/h4-12,14,19H,3,13H2,1-2H3,(H2,23,24,25,27)/t14-,19-/m0/s1. The van der Waals surface area contributed by atoms with Crippen molar-refractivity contribution < 1.29 is 23.5 Å². The molecule has 0 aliphatic carbocycles. The molecule has 0 aliphatic heterocycles. The summed E-state index contributed by atoms with van der Waals surface area (Å²) in [6, 6.07) is 13.8. The van der Waals surface area contributed by atoms with Crippen LogP contribution < -0.4 is 10.6 Å². The van der Waals surface area contributed by atoms with Crippen molar-refractivity contribution in [3.8, 4) is 0 Å². The minimum atomic E-state index is -0.910. The van der Waals surface area contributed by atoms with E-state index in [0.717, 1.165) is 12.0 Å². The van der Waals surface area contributed by atoms with Gasteiger partial charge in [0.1, 0.15) is 5.82 Å². The fourth-order valence-electron chi connectivity index (χ4n) is 2.70. The Bertz CT molecular complexity index is 826. The van der Waals surface area contributed by atoms with Crippen molar-refractivity contribution in [2.75, 3.05) is 11.9 Å². The molecule has 0 bridgehead atoms. The van der Waals surface area contributed by atoms with Gasteiger partial charge in [-0.15, -0.1) is 0 Å². The van der Waals surface area contributed by atoms with Gasteiger partial charge in [-0.05, 0) is 23.6 Å². The Morgan fingerprint density at radius 1 is 1.04 bits per heavy atom. The highest BCUT2D eigenvalue weighted by molar-refractivity contribution is 6.02. The van der Waals surface area contributed by atoms with Crippen molar-refractivity contribution in [2.24, 2.45) is 5.92 Å². The zero-order valence-corrected chi connectivity index (χ0v) is 15.8. The fraction of sp³-hybridized carbons (Fsp3) is 0.286. The third kappa shape index (κ3) is 5.90. The molecule has 28 heavy (non-hydrogen) atoms. The van der Waals surface area contributed by atoms with E-state index in [1.807, 2.05) is 49.5 Å². The molecule has 148 valence electrons. The lowest BCUT2D eigenvalue weighted by molar-refractivity contribution is -0.151. The number of para-hydroxylation sites is 1. The molecule has 0 heterocycles. The summed E-state index contributed by atoms with van der Waals surface area (Å²) in [5.41, 5.74) is 0.741. The summed E-state index contributed by atoms with van der Waals surface area (Å²) in [6.45, 7) is 3.29. The first-order chi connectivity index (χ1) is 13.4.